The summed E-state index contributed by atoms with van der Waals surface area (Å²) in [6.07, 6.45) is -4.15. The van der Waals surface area contributed by atoms with E-state index < -0.39 is 129 Å². The number of unbranched alkanes of at least 4 members (excludes halogenated alkanes) is 7. The predicted octanol–water partition coefficient (Wildman–Crippen LogP) is 0.0135. The first-order valence-electron chi connectivity index (χ1n) is 32.4. The van der Waals surface area contributed by atoms with Gasteiger partial charge in [0.15, 0.2) is 24.7 Å². The zero-order chi connectivity index (χ0) is 65.0. The lowest BCUT2D eigenvalue weighted by molar-refractivity contribution is -0.282. The molecule has 8 unspecified atom stereocenters. The van der Waals surface area contributed by atoms with Gasteiger partial charge in [0.05, 0.1) is 50.3 Å². The lowest BCUT2D eigenvalue weighted by Crippen LogP contribution is -2.55. The van der Waals surface area contributed by atoms with Gasteiger partial charge in [-0.05, 0) is 104 Å². The SMILES string of the molecule is CC(C)OCCCNC(=O)CCCCCNC(=O)C(CCCCNC(=O)CCCCO[C@@H]1OC(CO)[C@H](O)[C@H](O)C1C)CC(=O)C(CCCCNC(=O)CCCCO[C@@H]1OC(CO)[C@H](O)[C@H](O)C1C)NC(=O)CCCCO[C@@H]1OC(CO)[C@H](O)[C@H](O)C1C. The Morgan fingerprint density at radius 1 is 0.420 bits per heavy atom. The molecule has 3 fully saturated rings. The quantitative estimate of drug-likeness (QED) is 0.0357. The Kier molecular flexibility index (Phi) is 40.0. The monoisotopic (exact) mass is 1270 g/mol. The second kappa shape index (κ2) is 44.8. The zero-order valence-electron chi connectivity index (χ0n) is 52.9. The Balaban J connectivity index is 1.57. The van der Waals surface area contributed by atoms with E-state index in [1.165, 1.54) is 0 Å². The maximum atomic E-state index is 14.4. The molecule has 27 nitrogen and oxygen atoms in total. The maximum absolute atomic E-state index is 14.4. The van der Waals surface area contributed by atoms with Crippen molar-refractivity contribution in [2.45, 2.75) is 255 Å². The number of Topliss-reactive ketones (excluding diaryl/α,β-unsaturated/α-hetero) is 1. The largest absolute Gasteiger partial charge is 0.394 e. The highest BCUT2D eigenvalue weighted by Crippen LogP contribution is 2.30. The molecule has 3 saturated heterocycles. The summed E-state index contributed by atoms with van der Waals surface area (Å²) in [5.74, 6) is -3.93. The van der Waals surface area contributed by atoms with Crippen LogP contribution in [0.15, 0.2) is 0 Å². The molecule has 0 spiro atoms. The van der Waals surface area contributed by atoms with Crippen LogP contribution >= 0.6 is 0 Å². The molecule has 0 radical (unpaired) electrons. The Bertz CT molecular complexity index is 1960. The number of hydrogen-bond donors (Lipinski definition) is 14. The number of carbonyl (C=O) groups excluding carboxylic acids is 6. The fourth-order valence-corrected chi connectivity index (χ4v) is 10.6. The van der Waals surface area contributed by atoms with Gasteiger partial charge in [-0.15, -0.1) is 0 Å². The highest BCUT2D eigenvalue weighted by Gasteiger charge is 2.45. The molecular formula is C61H111N5O22. The van der Waals surface area contributed by atoms with E-state index in [0.717, 1.165) is 0 Å². The molecule has 0 aromatic heterocycles. The standard InChI is InChI=1S/C61H111N5O22/c1-38(2)82-33-19-29-64-48(71)22-7-6-13-28-65-58(81)42(20-8-14-26-62-49(72)23-10-16-30-83-59-39(3)52(75)55(78)45(35-67)86-59)34-44(70)43(66-51(74)25-12-18-32-85-61-41(5)54(77)57(80)47(37-69)88-61)21-9-15-27-63-50(73)24-11-17-31-84-60-40(4)53(76)56(79)46(36-68)87-60/h38-43,45-47,52-57,59-61,67-69,75-80H,6-37H2,1-5H3,(H,62,72)(H,63,73)(H,64,71)(H,65,81)(H,66,74)/t39?,40?,41?,42?,43?,45?,46?,47?,52-,53-,54-,55+,56+,57+,59-,60-,61-/m1/s1. The van der Waals surface area contributed by atoms with E-state index in [9.17, 15) is 74.7 Å². The first-order chi connectivity index (χ1) is 42.1. The van der Waals surface area contributed by atoms with Gasteiger partial charge in [-0.25, -0.2) is 0 Å². The summed E-state index contributed by atoms with van der Waals surface area (Å²) in [6.45, 7) is 10.0. The minimum Gasteiger partial charge on any atom is -0.394 e. The number of nitrogens with one attached hydrogen (secondary N) is 5. The number of carbonyl (C=O) groups is 6. The van der Waals surface area contributed by atoms with Crippen molar-refractivity contribution in [1.29, 1.82) is 0 Å². The number of aliphatic hydroxyl groups is 9. The van der Waals surface area contributed by atoms with E-state index in [-0.39, 0.29) is 87.4 Å². The van der Waals surface area contributed by atoms with Gasteiger partial charge in [0.2, 0.25) is 29.5 Å². The van der Waals surface area contributed by atoms with Gasteiger partial charge in [-0.1, -0.05) is 33.6 Å². The van der Waals surface area contributed by atoms with Gasteiger partial charge >= 0.3 is 0 Å². The van der Waals surface area contributed by atoms with Gasteiger partial charge in [-0.2, -0.15) is 0 Å². The molecular weight excluding hydrogens is 1150 g/mol. The van der Waals surface area contributed by atoms with Gasteiger partial charge in [0.1, 0.15) is 36.6 Å². The van der Waals surface area contributed by atoms with Crippen molar-refractivity contribution in [2.75, 3.05) is 72.4 Å². The van der Waals surface area contributed by atoms with Crippen LogP contribution < -0.4 is 26.6 Å². The maximum Gasteiger partial charge on any atom is 0.223 e. The van der Waals surface area contributed by atoms with Crippen molar-refractivity contribution in [3.8, 4) is 0 Å². The van der Waals surface area contributed by atoms with Crippen LogP contribution in [0.1, 0.15) is 169 Å². The third-order valence-electron chi connectivity index (χ3n) is 16.4. The summed E-state index contributed by atoms with van der Waals surface area (Å²) in [4.78, 5) is 79.7. The molecule has 14 N–H and O–H groups in total. The summed E-state index contributed by atoms with van der Waals surface area (Å²) < 4.78 is 39.7. The fraction of sp³-hybridized carbons (Fsp3) is 0.902. The van der Waals surface area contributed by atoms with Crippen molar-refractivity contribution in [3.05, 3.63) is 0 Å². The third-order valence-corrected chi connectivity index (χ3v) is 16.4. The average molecular weight is 1270 g/mol. The third kappa shape index (κ3) is 29.8. The normalized spacial score (nSPS) is 28.0. The molecule has 3 rings (SSSR count). The molecule has 0 aromatic carbocycles. The van der Waals surface area contributed by atoms with E-state index in [1.807, 2.05) is 13.8 Å². The molecule has 5 amide bonds. The van der Waals surface area contributed by atoms with E-state index in [0.29, 0.717) is 136 Å². The first kappa shape index (κ1) is 78.6. The smallest absolute Gasteiger partial charge is 0.223 e. The van der Waals surface area contributed by atoms with Crippen molar-refractivity contribution in [2.24, 2.45) is 23.7 Å². The van der Waals surface area contributed by atoms with Gasteiger partial charge in [0, 0.05) is 108 Å². The van der Waals surface area contributed by atoms with E-state index >= 15 is 0 Å². The van der Waals surface area contributed by atoms with Crippen LogP contribution in [0.5, 0.6) is 0 Å². The number of ketones is 1. The van der Waals surface area contributed by atoms with Crippen LogP contribution in [-0.2, 0) is 61.9 Å². The minimum atomic E-state index is -1.27. The zero-order valence-corrected chi connectivity index (χ0v) is 52.9. The van der Waals surface area contributed by atoms with Crippen LogP contribution in [-0.4, -0.2) is 240 Å². The summed E-state index contributed by atoms with van der Waals surface area (Å²) in [7, 11) is 0. The number of amides is 5. The predicted molar refractivity (Wildman–Crippen MR) is 319 cm³/mol. The molecule has 0 saturated carbocycles. The second-order valence-electron chi connectivity index (χ2n) is 24.1. The van der Waals surface area contributed by atoms with Crippen LogP contribution in [0.4, 0.5) is 0 Å². The van der Waals surface area contributed by atoms with Crippen LogP contribution in [0.2, 0.25) is 0 Å². The minimum absolute atomic E-state index is 0.0342. The van der Waals surface area contributed by atoms with Crippen molar-refractivity contribution >= 4 is 35.3 Å². The van der Waals surface area contributed by atoms with Crippen molar-refractivity contribution in [3.63, 3.8) is 0 Å². The van der Waals surface area contributed by atoms with Gasteiger partial charge < -0.3 is 106 Å². The van der Waals surface area contributed by atoms with Crippen LogP contribution in [0.25, 0.3) is 0 Å². The molecule has 0 bridgehead atoms. The van der Waals surface area contributed by atoms with Gasteiger partial charge in [0.25, 0.3) is 0 Å². The van der Waals surface area contributed by atoms with Crippen molar-refractivity contribution < 1.29 is 108 Å². The lowest BCUT2D eigenvalue weighted by atomic mass is 9.91. The summed E-state index contributed by atoms with van der Waals surface area (Å²) >= 11 is 0. The number of rotatable bonds is 47. The molecule has 17 atom stereocenters. The Labute approximate surface area is 519 Å². The van der Waals surface area contributed by atoms with Crippen LogP contribution in [0.3, 0.4) is 0 Å². The number of aliphatic hydroxyl groups excluding tert-OH is 9. The molecule has 3 aliphatic rings. The summed E-state index contributed by atoms with van der Waals surface area (Å²) in [5, 5.41) is 105. The Hall–Kier alpha value is -3.62. The number of ether oxygens (including phenoxy) is 7. The molecule has 0 aliphatic carbocycles. The van der Waals surface area contributed by atoms with Crippen molar-refractivity contribution in [1.82, 2.24) is 26.6 Å². The molecule has 88 heavy (non-hydrogen) atoms. The van der Waals surface area contributed by atoms with Gasteiger partial charge in [-0.3, -0.25) is 28.8 Å². The number of hydrogen-bond acceptors (Lipinski definition) is 22. The summed E-state index contributed by atoms with van der Waals surface area (Å²) in [6, 6.07) is -0.962. The molecule has 3 aliphatic heterocycles. The fourth-order valence-electron chi connectivity index (χ4n) is 10.6. The Morgan fingerprint density at radius 3 is 1.19 bits per heavy atom. The van der Waals surface area contributed by atoms with E-state index in [2.05, 4.69) is 26.6 Å². The van der Waals surface area contributed by atoms with Crippen LogP contribution in [0, 0.1) is 23.7 Å². The summed E-state index contributed by atoms with van der Waals surface area (Å²) in [5.41, 5.74) is 0. The molecule has 512 valence electrons. The molecule has 0 aromatic rings. The molecule has 3 heterocycles. The Morgan fingerprint density at radius 2 is 0.784 bits per heavy atom. The topological polar surface area (TPSA) is 409 Å². The average Bonchev–Trinajstić information content (AvgIpc) is 2.40. The van der Waals surface area contributed by atoms with E-state index in [4.69, 9.17) is 33.2 Å². The highest BCUT2D eigenvalue weighted by molar-refractivity contribution is 5.92. The second-order valence-corrected chi connectivity index (χ2v) is 24.1. The highest BCUT2D eigenvalue weighted by atomic mass is 16.7. The lowest BCUT2D eigenvalue weighted by Gasteiger charge is -2.40. The first-order valence-corrected chi connectivity index (χ1v) is 32.4. The molecule has 27 heteroatoms. The van der Waals surface area contributed by atoms with E-state index in [1.54, 1.807) is 20.8 Å².